The molecule has 0 saturated carbocycles. The Bertz CT molecular complexity index is 352. The summed E-state index contributed by atoms with van der Waals surface area (Å²) in [5.74, 6) is -0.442. The third-order valence-corrected chi connectivity index (χ3v) is 2.60. The lowest BCUT2D eigenvalue weighted by molar-refractivity contribution is -0.136. The van der Waals surface area contributed by atoms with Crippen molar-refractivity contribution >= 4 is 12.1 Å². The van der Waals surface area contributed by atoms with Gasteiger partial charge >= 0.3 is 12.1 Å². The fourth-order valence-corrected chi connectivity index (χ4v) is 1.82. The maximum atomic E-state index is 11.3. The van der Waals surface area contributed by atoms with Gasteiger partial charge in [-0.3, -0.25) is 0 Å². The second-order valence-corrected chi connectivity index (χ2v) is 4.18. The monoisotopic (exact) mass is 243 g/mol. The van der Waals surface area contributed by atoms with Crippen LogP contribution < -0.4 is 0 Å². The molecule has 17 heavy (non-hydrogen) atoms. The Balaban J connectivity index is 2.80. The van der Waals surface area contributed by atoms with Crippen molar-refractivity contribution in [3.05, 3.63) is 11.6 Å². The summed E-state index contributed by atoms with van der Waals surface area (Å²) in [7, 11) is 1.30. The molecule has 0 radical (unpaired) electrons. The first-order chi connectivity index (χ1) is 7.88. The normalized spacial score (nSPS) is 25.6. The smallest absolute Gasteiger partial charge is 0.407 e. The second-order valence-electron chi connectivity index (χ2n) is 4.18. The van der Waals surface area contributed by atoms with E-state index in [0.29, 0.717) is 18.7 Å². The van der Waals surface area contributed by atoms with Gasteiger partial charge in [0.1, 0.15) is 5.60 Å². The molecule has 6 heteroatoms. The van der Waals surface area contributed by atoms with Gasteiger partial charge in [0.2, 0.25) is 0 Å². The number of carbonyl (C=O) groups excluding carboxylic acids is 1. The van der Waals surface area contributed by atoms with Gasteiger partial charge in [-0.2, -0.15) is 0 Å². The van der Waals surface area contributed by atoms with E-state index in [-0.39, 0.29) is 6.54 Å². The predicted molar refractivity (Wildman–Crippen MR) is 59.7 cm³/mol. The zero-order chi connectivity index (χ0) is 13.1. The Morgan fingerprint density at radius 1 is 1.53 bits per heavy atom. The zero-order valence-electron chi connectivity index (χ0n) is 10.2. The topological polar surface area (TPSA) is 76.1 Å². The largest absolute Gasteiger partial charge is 0.466 e. The van der Waals surface area contributed by atoms with E-state index in [9.17, 15) is 9.59 Å². The lowest BCUT2D eigenvalue weighted by atomic mass is 10.0. The van der Waals surface area contributed by atoms with E-state index in [1.807, 2.05) is 0 Å². The van der Waals surface area contributed by atoms with Crippen LogP contribution in [0.2, 0.25) is 0 Å². The molecule has 1 heterocycles. The predicted octanol–water partition coefficient (Wildman–Crippen LogP) is 0.875. The molecule has 1 fully saturated rings. The molecule has 1 atom stereocenters. The summed E-state index contributed by atoms with van der Waals surface area (Å²) in [5, 5.41) is 8.92. The van der Waals surface area contributed by atoms with E-state index in [1.54, 1.807) is 19.9 Å². The Labute approximate surface area is 99.8 Å². The number of carboxylic acid groups (broad SMARTS) is 1. The van der Waals surface area contributed by atoms with Crippen LogP contribution in [0.1, 0.15) is 13.8 Å². The van der Waals surface area contributed by atoms with E-state index < -0.39 is 17.7 Å². The molecule has 1 rings (SSSR count). The Kier molecular flexibility index (Phi) is 4.11. The number of esters is 1. The Morgan fingerprint density at radius 2 is 2.18 bits per heavy atom. The molecule has 1 unspecified atom stereocenters. The van der Waals surface area contributed by atoms with E-state index in [4.69, 9.17) is 9.84 Å². The number of nitrogens with zero attached hydrogens (tertiary/aromatic N) is 1. The van der Waals surface area contributed by atoms with Crippen LogP contribution in [-0.4, -0.2) is 54.5 Å². The highest BCUT2D eigenvalue weighted by Gasteiger charge is 2.33. The van der Waals surface area contributed by atoms with Gasteiger partial charge in [0, 0.05) is 12.1 Å². The van der Waals surface area contributed by atoms with Crippen molar-refractivity contribution < 1.29 is 24.2 Å². The first-order valence-electron chi connectivity index (χ1n) is 5.27. The van der Waals surface area contributed by atoms with E-state index in [1.165, 1.54) is 12.0 Å². The van der Waals surface area contributed by atoms with Gasteiger partial charge < -0.3 is 19.5 Å². The van der Waals surface area contributed by atoms with E-state index >= 15 is 0 Å². The molecule has 0 aromatic carbocycles. The Morgan fingerprint density at radius 3 is 2.71 bits per heavy atom. The third-order valence-electron chi connectivity index (χ3n) is 2.60. The molecule has 1 aliphatic heterocycles. The molecule has 0 aromatic rings. The van der Waals surface area contributed by atoms with E-state index in [0.717, 1.165) is 0 Å². The fourth-order valence-electron chi connectivity index (χ4n) is 1.82. The van der Waals surface area contributed by atoms with Crippen LogP contribution in [0, 0.1) is 0 Å². The zero-order valence-corrected chi connectivity index (χ0v) is 10.2. The molecule has 0 spiro atoms. The summed E-state index contributed by atoms with van der Waals surface area (Å²) >= 11 is 0. The molecular formula is C11H17NO5. The standard InChI is InChI=1S/C11H17NO5/c1-8(9(13)16-3)6-11(2)7-12(10(14)15)4-5-17-11/h6H,4-5,7H2,1-3H3,(H,14,15). The van der Waals surface area contributed by atoms with Crippen LogP contribution in [0.25, 0.3) is 0 Å². The maximum Gasteiger partial charge on any atom is 0.407 e. The lowest BCUT2D eigenvalue weighted by Gasteiger charge is -2.37. The molecule has 96 valence electrons. The minimum Gasteiger partial charge on any atom is -0.466 e. The molecule has 6 nitrogen and oxygen atoms in total. The van der Waals surface area contributed by atoms with Crippen molar-refractivity contribution in [2.75, 3.05) is 26.8 Å². The van der Waals surface area contributed by atoms with Crippen LogP contribution in [0.4, 0.5) is 4.79 Å². The highest BCUT2D eigenvalue weighted by atomic mass is 16.5. The Hall–Kier alpha value is -1.56. The highest BCUT2D eigenvalue weighted by molar-refractivity contribution is 5.87. The number of rotatable bonds is 2. The lowest BCUT2D eigenvalue weighted by Crippen LogP contribution is -2.51. The van der Waals surface area contributed by atoms with Crippen molar-refractivity contribution in [1.82, 2.24) is 4.90 Å². The SMILES string of the molecule is COC(=O)C(C)=CC1(C)CN(C(=O)O)CCO1. The minimum atomic E-state index is -0.983. The average molecular weight is 243 g/mol. The first-order valence-corrected chi connectivity index (χ1v) is 5.27. The molecule has 1 aliphatic rings. The quantitative estimate of drug-likeness (QED) is 0.575. The molecule has 1 amide bonds. The van der Waals surface area contributed by atoms with Gasteiger partial charge in [-0.1, -0.05) is 0 Å². The van der Waals surface area contributed by atoms with Gasteiger partial charge in [0.05, 0.1) is 20.3 Å². The van der Waals surface area contributed by atoms with Crippen molar-refractivity contribution in [2.45, 2.75) is 19.4 Å². The summed E-state index contributed by atoms with van der Waals surface area (Å²) in [4.78, 5) is 23.4. The molecule has 0 bridgehead atoms. The fraction of sp³-hybridized carbons (Fsp3) is 0.636. The summed E-state index contributed by atoms with van der Waals surface area (Å²) in [6.07, 6.45) is 0.622. The summed E-state index contributed by atoms with van der Waals surface area (Å²) < 4.78 is 10.1. The third kappa shape index (κ3) is 3.45. The van der Waals surface area contributed by atoms with Crippen LogP contribution in [0.15, 0.2) is 11.6 Å². The maximum absolute atomic E-state index is 11.3. The van der Waals surface area contributed by atoms with E-state index in [2.05, 4.69) is 4.74 Å². The number of hydrogen-bond acceptors (Lipinski definition) is 4. The van der Waals surface area contributed by atoms with Crippen LogP contribution >= 0.6 is 0 Å². The highest BCUT2D eigenvalue weighted by Crippen LogP contribution is 2.21. The summed E-state index contributed by atoms with van der Waals surface area (Å²) in [5.41, 5.74) is -0.378. The minimum absolute atomic E-state index is 0.205. The molecule has 0 aliphatic carbocycles. The molecule has 1 saturated heterocycles. The van der Waals surface area contributed by atoms with Gasteiger partial charge in [-0.25, -0.2) is 9.59 Å². The summed E-state index contributed by atoms with van der Waals surface area (Å²) in [6.45, 7) is 4.22. The number of methoxy groups -OCH3 is 1. The van der Waals surface area contributed by atoms with Crippen LogP contribution in [0.3, 0.4) is 0 Å². The van der Waals surface area contributed by atoms with Gasteiger partial charge in [0.25, 0.3) is 0 Å². The number of carbonyl (C=O) groups is 2. The van der Waals surface area contributed by atoms with Crippen molar-refractivity contribution in [3.8, 4) is 0 Å². The number of amides is 1. The molecular weight excluding hydrogens is 226 g/mol. The number of hydrogen-bond donors (Lipinski definition) is 1. The van der Waals surface area contributed by atoms with Crippen molar-refractivity contribution in [3.63, 3.8) is 0 Å². The van der Waals surface area contributed by atoms with Gasteiger partial charge in [-0.05, 0) is 19.9 Å². The second kappa shape index (κ2) is 5.18. The van der Waals surface area contributed by atoms with Crippen molar-refractivity contribution in [1.29, 1.82) is 0 Å². The van der Waals surface area contributed by atoms with Gasteiger partial charge in [-0.15, -0.1) is 0 Å². The van der Waals surface area contributed by atoms with Crippen LogP contribution in [0.5, 0.6) is 0 Å². The summed E-state index contributed by atoms with van der Waals surface area (Å²) in [6, 6.07) is 0. The molecule has 1 N–H and O–H groups in total. The van der Waals surface area contributed by atoms with Crippen molar-refractivity contribution in [2.24, 2.45) is 0 Å². The van der Waals surface area contributed by atoms with Crippen LogP contribution in [-0.2, 0) is 14.3 Å². The molecule has 0 aromatic heterocycles. The number of morpholine rings is 1. The first kappa shape index (κ1) is 13.5. The average Bonchev–Trinajstić information content (AvgIpc) is 2.27. The number of ether oxygens (including phenoxy) is 2. The van der Waals surface area contributed by atoms with Gasteiger partial charge in [0.15, 0.2) is 0 Å².